The first kappa shape index (κ1) is 17.0. The second-order valence-corrected chi connectivity index (χ2v) is 6.95. The van der Waals surface area contributed by atoms with E-state index in [2.05, 4.69) is 23.6 Å². The summed E-state index contributed by atoms with van der Waals surface area (Å²) in [6.07, 6.45) is 7.06. The summed E-state index contributed by atoms with van der Waals surface area (Å²) in [5.41, 5.74) is 0. The third kappa shape index (κ3) is 5.44. The molecular weight excluding hydrogens is 296 g/mol. The van der Waals surface area contributed by atoms with E-state index in [-0.39, 0.29) is 30.7 Å². The molecule has 1 heterocycles. The van der Waals surface area contributed by atoms with Crippen molar-refractivity contribution < 1.29 is 9.59 Å². The quantitative estimate of drug-likeness (QED) is 0.769. The van der Waals surface area contributed by atoms with Gasteiger partial charge in [0.05, 0.1) is 6.04 Å². The minimum atomic E-state index is -0.0339. The van der Waals surface area contributed by atoms with Crippen molar-refractivity contribution in [3.63, 3.8) is 0 Å². The predicted octanol–water partition coefficient (Wildman–Crippen LogP) is 3.54. The third-order valence-electron chi connectivity index (χ3n) is 4.10. The van der Waals surface area contributed by atoms with Crippen molar-refractivity contribution in [3.05, 3.63) is 22.4 Å². The number of carbonyl (C=O) groups excluding carboxylic acids is 2. The van der Waals surface area contributed by atoms with Crippen LogP contribution in [0.3, 0.4) is 0 Å². The highest BCUT2D eigenvalue weighted by atomic mass is 32.1. The second-order valence-electron chi connectivity index (χ2n) is 5.97. The second kappa shape index (κ2) is 8.93. The van der Waals surface area contributed by atoms with Crippen LogP contribution in [0.15, 0.2) is 17.5 Å². The Balaban J connectivity index is 1.72. The van der Waals surface area contributed by atoms with Gasteiger partial charge in [0.2, 0.25) is 11.8 Å². The van der Waals surface area contributed by atoms with Crippen molar-refractivity contribution in [1.29, 1.82) is 0 Å². The SMILES string of the molecule is CCCC(NC(=O)CCC(=O)NC1CCCC1)c1cccs1. The molecule has 0 aliphatic heterocycles. The number of rotatable bonds is 8. The number of thiophene rings is 1. The largest absolute Gasteiger partial charge is 0.353 e. The molecular formula is C17H26N2O2S. The first-order chi connectivity index (χ1) is 10.7. The summed E-state index contributed by atoms with van der Waals surface area (Å²) >= 11 is 1.66. The maximum absolute atomic E-state index is 12.1. The molecule has 1 unspecified atom stereocenters. The Morgan fingerprint density at radius 2 is 2.00 bits per heavy atom. The molecule has 122 valence electrons. The molecule has 4 nitrogen and oxygen atoms in total. The molecule has 1 aromatic rings. The number of carbonyl (C=O) groups is 2. The molecule has 2 rings (SSSR count). The highest BCUT2D eigenvalue weighted by molar-refractivity contribution is 7.10. The van der Waals surface area contributed by atoms with E-state index in [1.54, 1.807) is 11.3 Å². The van der Waals surface area contributed by atoms with Crippen molar-refractivity contribution >= 4 is 23.2 Å². The van der Waals surface area contributed by atoms with E-state index < -0.39 is 0 Å². The van der Waals surface area contributed by atoms with Gasteiger partial charge in [-0.1, -0.05) is 32.3 Å². The fraction of sp³-hybridized carbons (Fsp3) is 0.647. The van der Waals surface area contributed by atoms with E-state index >= 15 is 0 Å². The van der Waals surface area contributed by atoms with Crippen LogP contribution in [0.5, 0.6) is 0 Å². The van der Waals surface area contributed by atoms with E-state index in [0.717, 1.165) is 25.7 Å². The fourth-order valence-corrected chi connectivity index (χ4v) is 3.74. The summed E-state index contributed by atoms with van der Waals surface area (Å²) in [5.74, 6) is -0.0290. The summed E-state index contributed by atoms with van der Waals surface area (Å²) < 4.78 is 0. The molecule has 1 aromatic heterocycles. The van der Waals surface area contributed by atoms with Crippen LogP contribution in [0.25, 0.3) is 0 Å². The van der Waals surface area contributed by atoms with E-state index in [1.165, 1.54) is 17.7 Å². The van der Waals surface area contributed by atoms with Crippen LogP contribution in [-0.2, 0) is 9.59 Å². The molecule has 1 saturated carbocycles. The van der Waals surface area contributed by atoms with E-state index in [9.17, 15) is 9.59 Å². The van der Waals surface area contributed by atoms with E-state index in [0.29, 0.717) is 6.04 Å². The normalized spacial score (nSPS) is 16.4. The summed E-state index contributed by atoms with van der Waals surface area (Å²) in [5, 5.41) is 8.11. The molecule has 0 bridgehead atoms. The predicted molar refractivity (Wildman–Crippen MR) is 89.7 cm³/mol. The number of amides is 2. The van der Waals surface area contributed by atoms with Gasteiger partial charge < -0.3 is 10.6 Å². The van der Waals surface area contributed by atoms with E-state index in [1.807, 2.05) is 11.4 Å². The minimum absolute atomic E-state index is 0.00483. The Kier molecular flexibility index (Phi) is 6.90. The lowest BCUT2D eigenvalue weighted by Gasteiger charge is -2.17. The molecule has 2 amide bonds. The molecule has 1 aliphatic rings. The van der Waals surface area contributed by atoms with Gasteiger partial charge in [-0.05, 0) is 30.7 Å². The summed E-state index contributed by atoms with van der Waals surface area (Å²) in [6, 6.07) is 4.46. The average Bonchev–Trinajstić information content (AvgIpc) is 3.18. The topological polar surface area (TPSA) is 58.2 Å². The van der Waals surface area contributed by atoms with Crippen LogP contribution in [0, 0.1) is 0 Å². The van der Waals surface area contributed by atoms with Gasteiger partial charge in [-0.3, -0.25) is 9.59 Å². The minimum Gasteiger partial charge on any atom is -0.353 e. The smallest absolute Gasteiger partial charge is 0.221 e. The van der Waals surface area contributed by atoms with Crippen molar-refractivity contribution in [2.75, 3.05) is 0 Å². The molecule has 0 aromatic carbocycles. The van der Waals surface area contributed by atoms with Crippen molar-refractivity contribution in [1.82, 2.24) is 10.6 Å². The third-order valence-corrected chi connectivity index (χ3v) is 5.08. The zero-order valence-electron chi connectivity index (χ0n) is 13.3. The molecule has 0 saturated heterocycles. The van der Waals surface area contributed by atoms with Crippen molar-refractivity contribution in [2.24, 2.45) is 0 Å². The van der Waals surface area contributed by atoms with Crippen LogP contribution >= 0.6 is 11.3 Å². The van der Waals surface area contributed by atoms with Gasteiger partial charge in [-0.15, -0.1) is 11.3 Å². The Labute approximate surface area is 136 Å². The fourth-order valence-electron chi connectivity index (χ4n) is 2.93. The summed E-state index contributed by atoms with van der Waals surface area (Å²) in [7, 11) is 0. The lowest BCUT2D eigenvalue weighted by Crippen LogP contribution is -2.34. The van der Waals surface area contributed by atoms with Crippen LogP contribution in [0.2, 0.25) is 0 Å². The molecule has 0 radical (unpaired) electrons. The monoisotopic (exact) mass is 322 g/mol. The Morgan fingerprint density at radius 1 is 1.27 bits per heavy atom. The molecule has 1 atom stereocenters. The Bertz CT molecular complexity index is 467. The van der Waals surface area contributed by atoms with Gasteiger partial charge in [-0.2, -0.15) is 0 Å². The first-order valence-corrected chi connectivity index (χ1v) is 9.19. The molecule has 0 spiro atoms. The maximum Gasteiger partial charge on any atom is 0.221 e. The molecule has 1 aliphatic carbocycles. The first-order valence-electron chi connectivity index (χ1n) is 8.31. The number of hydrogen-bond donors (Lipinski definition) is 2. The molecule has 5 heteroatoms. The van der Waals surface area contributed by atoms with Crippen molar-refractivity contribution in [3.8, 4) is 0 Å². The molecule has 1 fully saturated rings. The number of nitrogens with one attached hydrogen (secondary N) is 2. The number of hydrogen-bond acceptors (Lipinski definition) is 3. The van der Waals surface area contributed by atoms with Crippen LogP contribution in [0.4, 0.5) is 0 Å². The van der Waals surface area contributed by atoms with E-state index in [4.69, 9.17) is 0 Å². The lowest BCUT2D eigenvalue weighted by atomic mass is 10.1. The molecule has 2 N–H and O–H groups in total. The van der Waals surface area contributed by atoms with Crippen LogP contribution < -0.4 is 10.6 Å². The standard InChI is InChI=1S/C17H26N2O2S/c1-2-6-14(15-9-5-12-22-15)19-17(21)11-10-16(20)18-13-7-3-4-8-13/h5,9,12-14H,2-4,6-8,10-11H2,1H3,(H,18,20)(H,19,21). The Hall–Kier alpha value is -1.36. The maximum atomic E-state index is 12.1. The lowest BCUT2D eigenvalue weighted by molar-refractivity contribution is -0.127. The summed E-state index contributed by atoms with van der Waals surface area (Å²) in [6.45, 7) is 2.11. The van der Waals surface area contributed by atoms with Gasteiger partial charge >= 0.3 is 0 Å². The van der Waals surface area contributed by atoms with Crippen molar-refractivity contribution in [2.45, 2.75) is 70.4 Å². The van der Waals surface area contributed by atoms with Gasteiger partial charge in [-0.25, -0.2) is 0 Å². The van der Waals surface area contributed by atoms with Gasteiger partial charge in [0.25, 0.3) is 0 Å². The van der Waals surface area contributed by atoms with Crippen LogP contribution in [0.1, 0.15) is 69.2 Å². The highest BCUT2D eigenvalue weighted by Gasteiger charge is 2.19. The zero-order valence-corrected chi connectivity index (χ0v) is 14.1. The highest BCUT2D eigenvalue weighted by Crippen LogP contribution is 2.23. The Morgan fingerprint density at radius 3 is 2.64 bits per heavy atom. The van der Waals surface area contributed by atoms with Gasteiger partial charge in [0.15, 0.2) is 0 Å². The summed E-state index contributed by atoms with van der Waals surface area (Å²) in [4.78, 5) is 25.1. The average molecular weight is 322 g/mol. The zero-order chi connectivity index (χ0) is 15.8. The van der Waals surface area contributed by atoms with Crippen LogP contribution in [-0.4, -0.2) is 17.9 Å². The van der Waals surface area contributed by atoms with Gasteiger partial charge in [0, 0.05) is 23.8 Å². The van der Waals surface area contributed by atoms with Gasteiger partial charge in [0.1, 0.15) is 0 Å². The molecule has 22 heavy (non-hydrogen) atoms.